The van der Waals surface area contributed by atoms with Crippen molar-refractivity contribution in [3.63, 3.8) is 0 Å². The first kappa shape index (κ1) is 26.5. The van der Waals surface area contributed by atoms with Crippen LogP contribution in [0.1, 0.15) is 62.1 Å². The van der Waals surface area contributed by atoms with Gasteiger partial charge < -0.3 is 10.2 Å². The highest BCUT2D eigenvalue weighted by Crippen LogP contribution is 2.29. The topological polar surface area (TPSA) is 49.4 Å². The molecule has 0 fully saturated rings. The maximum absolute atomic E-state index is 13.9. The van der Waals surface area contributed by atoms with Crippen molar-refractivity contribution in [1.29, 1.82) is 0 Å². The van der Waals surface area contributed by atoms with E-state index in [1.165, 1.54) is 0 Å². The van der Waals surface area contributed by atoms with Gasteiger partial charge in [-0.25, -0.2) is 0 Å². The quantitative estimate of drug-likeness (QED) is 0.291. The molecule has 3 aromatic rings. The molecule has 0 heterocycles. The van der Waals surface area contributed by atoms with Crippen LogP contribution in [-0.4, -0.2) is 29.3 Å². The van der Waals surface area contributed by atoms with Gasteiger partial charge >= 0.3 is 0 Å². The number of hydrogen-bond donors (Lipinski definition) is 1. The average molecular weight is 491 g/mol. The van der Waals surface area contributed by atoms with E-state index in [1.807, 2.05) is 67.6 Å². The van der Waals surface area contributed by atoms with Crippen LogP contribution in [0.15, 0.2) is 84.9 Å². The van der Waals surface area contributed by atoms with Gasteiger partial charge in [0.1, 0.15) is 6.04 Å². The fraction of sp³-hybridized carbons (Fsp3) is 0.333. The Morgan fingerprint density at radius 3 is 1.94 bits per heavy atom. The lowest BCUT2D eigenvalue weighted by Crippen LogP contribution is -2.49. The third-order valence-corrected chi connectivity index (χ3v) is 6.52. The van der Waals surface area contributed by atoms with Crippen LogP contribution < -0.4 is 5.32 Å². The minimum absolute atomic E-state index is 0.0462. The van der Waals surface area contributed by atoms with E-state index in [1.54, 1.807) is 4.90 Å². The lowest BCUT2D eigenvalue weighted by atomic mass is 9.88. The molecule has 4 nitrogen and oxygen atoms in total. The summed E-state index contributed by atoms with van der Waals surface area (Å²) in [5.41, 5.74) is 3.11. The maximum atomic E-state index is 13.9. The zero-order valence-electron chi connectivity index (χ0n) is 20.6. The van der Waals surface area contributed by atoms with Crippen molar-refractivity contribution in [3.05, 3.63) is 107 Å². The van der Waals surface area contributed by atoms with Gasteiger partial charge in [0.25, 0.3) is 0 Å². The number of rotatable bonds is 12. The summed E-state index contributed by atoms with van der Waals surface area (Å²) in [7, 11) is 0. The summed E-state index contributed by atoms with van der Waals surface area (Å²) in [6.45, 7) is 5.02. The molecule has 0 radical (unpaired) electrons. The highest BCUT2D eigenvalue weighted by atomic mass is 35.5. The van der Waals surface area contributed by atoms with Gasteiger partial charge in [0.2, 0.25) is 11.8 Å². The molecule has 2 amide bonds. The molecule has 1 unspecified atom stereocenters. The number of benzene rings is 3. The molecule has 3 aromatic carbocycles. The van der Waals surface area contributed by atoms with E-state index in [-0.39, 0.29) is 24.2 Å². The Kier molecular flexibility index (Phi) is 10.4. The van der Waals surface area contributed by atoms with Crippen LogP contribution in [0.25, 0.3) is 0 Å². The van der Waals surface area contributed by atoms with Gasteiger partial charge in [-0.1, -0.05) is 105 Å². The van der Waals surface area contributed by atoms with Gasteiger partial charge in [0.05, 0.1) is 0 Å². The van der Waals surface area contributed by atoms with Crippen LogP contribution in [0, 0.1) is 0 Å². The number of nitrogens with zero attached hydrogens (tertiary/aromatic N) is 1. The number of carbonyl (C=O) groups excluding carboxylic acids is 2. The third-order valence-electron chi connectivity index (χ3n) is 6.26. The second-order valence-electron chi connectivity index (χ2n) is 8.79. The lowest BCUT2D eigenvalue weighted by molar-refractivity contribution is -0.141. The SMILES string of the molecule is CCCCNC(=O)C(CC)N(Cc1ccc(Cl)cc1)C(=O)CC(c1ccccc1)c1ccccc1. The number of nitrogens with one attached hydrogen (secondary N) is 1. The largest absolute Gasteiger partial charge is 0.354 e. The third kappa shape index (κ3) is 7.69. The highest BCUT2D eigenvalue weighted by Gasteiger charge is 2.30. The first-order chi connectivity index (χ1) is 17.0. The second kappa shape index (κ2) is 13.7. The smallest absolute Gasteiger partial charge is 0.242 e. The molecule has 1 N–H and O–H groups in total. The Morgan fingerprint density at radius 2 is 1.43 bits per heavy atom. The van der Waals surface area contributed by atoms with Crippen molar-refractivity contribution >= 4 is 23.4 Å². The van der Waals surface area contributed by atoms with Gasteiger partial charge in [-0.3, -0.25) is 9.59 Å². The Hall–Kier alpha value is -3.11. The molecule has 184 valence electrons. The summed E-state index contributed by atoms with van der Waals surface area (Å²) in [5, 5.41) is 3.67. The van der Waals surface area contributed by atoms with Gasteiger partial charge in [0.15, 0.2) is 0 Å². The summed E-state index contributed by atoms with van der Waals surface area (Å²) in [6.07, 6.45) is 2.73. The van der Waals surface area contributed by atoms with E-state index < -0.39 is 6.04 Å². The molecule has 0 saturated heterocycles. The fourth-order valence-corrected chi connectivity index (χ4v) is 4.43. The molecule has 0 aliphatic heterocycles. The number of carbonyl (C=O) groups is 2. The molecular formula is C30H35ClN2O2. The van der Waals surface area contributed by atoms with E-state index in [4.69, 9.17) is 11.6 Å². The molecule has 0 bridgehead atoms. The molecule has 1 atom stereocenters. The monoisotopic (exact) mass is 490 g/mol. The van der Waals surface area contributed by atoms with Gasteiger partial charge in [-0.2, -0.15) is 0 Å². The molecule has 0 spiro atoms. The zero-order chi connectivity index (χ0) is 25.0. The zero-order valence-corrected chi connectivity index (χ0v) is 21.4. The van der Waals surface area contributed by atoms with Gasteiger partial charge in [0, 0.05) is 30.5 Å². The number of amides is 2. The van der Waals surface area contributed by atoms with E-state index in [0.29, 0.717) is 24.5 Å². The van der Waals surface area contributed by atoms with Crippen molar-refractivity contribution in [2.24, 2.45) is 0 Å². The summed E-state index contributed by atoms with van der Waals surface area (Å²) < 4.78 is 0. The van der Waals surface area contributed by atoms with Crippen molar-refractivity contribution < 1.29 is 9.59 Å². The minimum atomic E-state index is -0.540. The average Bonchev–Trinajstić information content (AvgIpc) is 2.89. The van der Waals surface area contributed by atoms with E-state index in [0.717, 1.165) is 29.5 Å². The van der Waals surface area contributed by atoms with Crippen LogP contribution in [0.2, 0.25) is 5.02 Å². The molecular weight excluding hydrogens is 456 g/mol. The van der Waals surface area contributed by atoms with Crippen LogP contribution in [-0.2, 0) is 16.1 Å². The van der Waals surface area contributed by atoms with Crippen LogP contribution in [0.5, 0.6) is 0 Å². The predicted octanol–water partition coefficient (Wildman–Crippen LogP) is 6.59. The minimum Gasteiger partial charge on any atom is -0.354 e. The van der Waals surface area contributed by atoms with Crippen LogP contribution in [0.4, 0.5) is 0 Å². The first-order valence-electron chi connectivity index (χ1n) is 12.4. The van der Waals surface area contributed by atoms with E-state index in [2.05, 4.69) is 36.5 Å². The number of unbranched alkanes of at least 4 members (excludes halogenated alkanes) is 1. The molecule has 0 saturated carbocycles. The van der Waals surface area contributed by atoms with Crippen molar-refractivity contribution in [3.8, 4) is 0 Å². The van der Waals surface area contributed by atoms with Crippen molar-refractivity contribution in [2.45, 2.75) is 58.0 Å². The van der Waals surface area contributed by atoms with Crippen LogP contribution >= 0.6 is 11.6 Å². The van der Waals surface area contributed by atoms with E-state index >= 15 is 0 Å². The summed E-state index contributed by atoms with van der Waals surface area (Å²) in [6, 6.07) is 27.1. The summed E-state index contributed by atoms with van der Waals surface area (Å²) in [5.74, 6) is -0.243. The van der Waals surface area contributed by atoms with Crippen LogP contribution in [0.3, 0.4) is 0 Å². The Bertz CT molecular complexity index is 1020. The number of hydrogen-bond acceptors (Lipinski definition) is 2. The Balaban J connectivity index is 1.91. The molecule has 0 aromatic heterocycles. The van der Waals surface area contributed by atoms with Gasteiger partial charge in [-0.05, 0) is 41.7 Å². The van der Waals surface area contributed by atoms with Crippen molar-refractivity contribution in [1.82, 2.24) is 10.2 Å². The standard InChI is InChI=1S/C30H35ClN2O2/c1-3-5-20-32-30(35)28(4-2)33(22-23-16-18-26(31)19-17-23)29(34)21-27(24-12-8-6-9-13-24)25-14-10-7-11-15-25/h6-19,27-28H,3-5,20-22H2,1-2H3,(H,32,35). The van der Waals surface area contributed by atoms with E-state index in [9.17, 15) is 9.59 Å². The predicted molar refractivity (Wildman–Crippen MR) is 143 cm³/mol. The first-order valence-corrected chi connectivity index (χ1v) is 12.8. The number of halogens is 1. The molecule has 0 aliphatic carbocycles. The van der Waals surface area contributed by atoms with Gasteiger partial charge in [-0.15, -0.1) is 0 Å². The Morgan fingerprint density at radius 1 is 0.857 bits per heavy atom. The lowest BCUT2D eigenvalue weighted by Gasteiger charge is -2.32. The van der Waals surface area contributed by atoms with Crippen molar-refractivity contribution in [2.75, 3.05) is 6.54 Å². The second-order valence-corrected chi connectivity index (χ2v) is 9.23. The highest BCUT2D eigenvalue weighted by molar-refractivity contribution is 6.30. The Labute approximate surface area is 214 Å². The normalized spacial score (nSPS) is 11.8. The fourth-order valence-electron chi connectivity index (χ4n) is 4.30. The summed E-state index contributed by atoms with van der Waals surface area (Å²) >= 11 is 6.08. The molecule has 0 aliphatic rings. The maximum Gasteiger partial charge on any atom is 0.242 e. The molecule has 5 heteroatoms. The summed E-state index contributed by atoms with van der Waals surface area (Å²) in [4.78, 5) is 28.8. The molecule has 35 heavy (non-hydrogen) atoms. The molecule has 3 rings (SSSR count).